The number of nitrogens with one attached hydrogen (secondary N) is 1. The molecule has 1 aliphatic carbocycles. The van der Waals surface area contributed by atoms with Gasteiger partial charge in [-0.2, -0.15) is 5.10 Å². The number of aliphatic carboxylic acids is 1. The van der Waals surface area contributed by atoms with E-state index in [1.165, 1.54) is 19.4 Å². The second-order valence-corrected chi connectivity index (χ2v) is 9.81. The fourth-order valence-corrected chi connectivity index (χ4v) is 5.32. The molecule has 1 fully saturated rings. The Morgan fingerprint density at radius 3 is 2.60 bits per heavy atom. The second-order valence-electron chi connectivity index (χ2n) is 9.81. The number of aromatic nitrogens is 3. The number of halogens is 4. The standard InChI is InChI=1S/C25H23F4N3O3/c1-24(2,11-35-3)22-18(13-8-25(29,9-13)23(33)34)19-17(6-12-10-30-31-21(12)20(19)28)32(22)14-4-5-15(26)16(27)7-14/h4-7,10,13H,8-9,11H2,1-3H3,(H,30,31)(H,33,34). The highest BCUT2D eigenvalue weighted by molar-refractivity contribution is 6.00. The van der Waals surface area contributed by atoms with Crippen molar-refractivity contribution in [1.82, 2.24) is 14.8 Å². The second kappa shape index (κ2) is 7.81. The Balaban J connectivity index is 1.91. The largest absolute Gasteiger partial charge is 0.479 e. The van der Waals surface area contributed by atoms with Crippen LogP contribution in [0.15, 0.2) is 30.5 Å². The first kappa shape index (κ1) is 23.3. The SMILES string of the molecule is COCC(C)(C)c1c(C2CC(F)(C(=O)O)C2)c2c(F)c3[nH]ncc3cc2n1-c1ccc(F)c(F)c1. The van der Waals surface area contributed by atoms with Crippen molar-refractivity contribution < 1.29 is 32.2 Å². The van der Waals surface area contributed by atoms with Gasteiger partial charge in [0.05, 0.1) is 18.3 Å². The van der Waals surface area contributed by atoms with E-state index >= 15 is 4.39 Å². The van der Waals surface area contributed by atoms with E-state index in [0.717, 1.165) is 12.1 Å². The highest BCUT2D eigenvalue weighted by atomic mass is 19.2. The first-order chi connectivity index (χ1) is 16.5. The topological polar surface area (TPSA) is 80.1 Å². The third-order valence-electron chi connectivity index (χ3n) is 6.88. The lowest BCUT2D eigenvalue weighted by molar-refractivity contribution is -0.158. The number of H-pyrrole nitrogens is 1. The summed E-state index contributed by atoms with van der Waals surface area (Å²) in [5.74, 6) is -4.93. The van der Waals surface area contributed by atoms with Gasteiger partial charge in [0, 0.05) is 40.7 Å². The Kier molecular flexibility index (Phi) is 5.21. The third kappa shape index (κ3) is 3.42. The van der Waals surface area contributed by atoms with Gasteiger partial charge in [-0.3, -0.25) is 5.10 Å². The van der Waals surface area contributed by atoms with Gasteiger partial charge in [0.15, 0.2) is 17.5 Å². The highest BCUT2D eigenvalue weighted by Gasteiger charge is 2.54. The Morgan fingerprint density at radius 1 is 1.26 bits per heavy atom. The van der Waals surface area contributed by atoms with Crippen LogP contribution < -0.4 is 0 Å². The maximum atomic E-state index is 16.0. The summed E-state index contributed by atoms with van der Waals surface area (Å²) in [5.41, 5.74) is -1.55. The zero-order valence-corrected chi connectivity index (χ0v) is 19.3. The summed E-state index contributed by atoms with van der Waals surface area (Å²) in [6, 6.07) is 5.05. The van der Waals surface area contributed by atoms with E-state index < -0.39 is 40.4 Å². The lowest BCUT2D eigenvalue weighted by Gasteiger charge is -2.40. The van der Waals surface area contributed by atoms with Gasteiger partial charge in [0.25, 0.3) is 0 Å². The molecule has 2 heterocycles. The summed E-state index contributed by atoms with van der Waals surface area (Å²) in [6.07, 6.45) is 0.770. The van der Waals surface area contributed by atoms with Crippen LogP contribution >= 0.6 is 0 Å². The molecule has 35 heavy (non-hydrogen) atoms. The van der Waals surface area contributed by atoms with E-state index in [2.05, 4.69) is 10.2 Å². The van der Waals surface area contributed by atoms with Crippen molar-refractivity contribution >= 4 is 27.8 Å². The Labute approximate surface area is 197 Å². The van der Waals surface area contributed by atoms with Crippen LogP contribution in [-0.4, -0.2) is 45.2 Å². The van der Waals surface area contributed by atoms with E-state index in [1.807, 2.05) is 13.8 Å². The Morgan fingerprint density at radius 2 is 1.97 bits per heavy atom. The summed E-state index contributed by atoms with van der Waals surface area (Å²) >= 11 is 0. The van der Waals surface area contributed by atoms with Gasteiger partial charge < -0.3 is 14.4 Å². The summed E-state index contributed by atoms with van der Waals surface area (Å²) in [5, 5.41) is 16.5. The van der Waals surface area contributed by atoms with Crippen molar-refractivity contribution in [1.29, 1.82) is 0 Å². The molecular weight excluding hydrogens is 466 g/mol. The number of aromatic amines is 1. The summed E-state index contributed by atoms with van der Waals surface area (Å²) < 4.78 is 66.0. The van der Waals surface area contributed by atoms with Gasteiger partial charge in [-0.05, 0) is 42.5 Å². The van der Waals surface area contributed by atoms with Crippen molar-refractivity contribution in [3.05, 3.63) is 59.2 Å². The molecule has 0 spiro atoms. The van der Waals surface area contributed by atoms with Crippen LogP contribution in [0.25, 0.3) is 27.5 Å². The van der Waals surface area contributed by atoms with Gasteiger partial charge in [-0.15, -0.1) is 0 Å². The summed E-state index contributed by atoms with van der Waals surface area (Å²) in [7, 11) is 1.50. The minimum absolute atomic E-state index is 0.140. The molecule has 2 aromatic carbocycles. The number of rotatable bonds is 6. The molecule has 2 N–H and O–H groups in total. The van der Waals surface area contributed by atoms with Crippen molar-refractivity contribution in [2.45, 2.75) is 43.7 Å². The van der Waals surface area contributed by atoms with Crippen molar-refractivity contribution in [3.63, 3.8) is 0 Å². The number of methoxy groups -OCH3 is 1. The predicted octanol–water partition coefficient (Wildman–Crippen LogP) is 5.52. The van der Waals surface area contributed by atoms with E-state index in [0.29, 0.717) is 22.2 Å². The average molecular weight is 489 g/mol. The molecule has 2 aromatic heterocycles. The van der Waals surface area contributed by atoms with Crippen LogP contribution in [0, 0.1) is 17.5 Å². The number of hydrogen-bond donors (Lipinski definition) is 2. The van der Waals surface area contributed by atoms with Gasteiger partial charge in [-0.25, -0.2) is 22.4 Å². The maximum absolute atomic E-state index is 16.0. The maximum Gasteiger partial charge on any atom is 0.341 e. The monoisotopic (exact) mass is 489 g/mol. The molecule has 0 saturated heterocycles. The van der Waals surface area contributed by atoms with Crippen molar-refractivity contribution in [2.75, 3.05) is 13.7 Å². The molecular formula is C25H23F4N3O3. The van der Waals surface area contributed by atoms with Gasteiger partial charge in [-0.1, -0.05) is 13.8 Å². The first-order valence-electron chi connectivity index (χ1n) is 11.1. The number of alkyl halides is 1. The number of carbonyl (C=O) groups is 1. The minimum atomic E-state index is -2.42. The molecule has 0 atom stereocenters. The predicted molar refractivity (Wildman–Crippen MR) is 121 cm³/mol. The minimum Gasteiger partial charge on any atom is -0.479 e. The van der Waals surface area contributed by atoms with Crippen LogP contribution in [-0.2, 0) is 14.9 Å². The lowest BCUT2D eigenvalue weighted by Crippen LogP contribution is -2.46. The molecule has 184 valence electrons. The quantitative estimate of drug-likeness (QED) is 0.350. The van der Waals surface area contributed by atoms with Crippen LogP contribution in [0.3, 0.4) is 0 Å². The molecule has 0 amide bonds. The molecule has 6 nitrogen and oxygen atoms in total. The molecule has 0 unspecified atom stereocenters. The van der Waals surface area contributed by atoms with Gasteiger partial charge >= 0.3 is 5.97 Å². The zero-order chi connectivity index (χ0) is 25.3. The van der Waals surface area contributed by atoms with E-state index in [9.17, 15) is 23.1 Å². The smallest absolute Gasteiger partial charge is 0.341 e. The summed E-state index contributed by atoms with van der Waals surface area (Å²) in [6.45, 7) is 3.86. The molecule has 10 heteroatoms. The average Bonchev–Trinajstić information content (AvgIpc) is 3.37. The molecule has 0 aliphatic heterocycles. The number of nitrogens with zero attached hydrogens (tertiary/aromatic N) is 2. The molecule has 0 bridgehead atoms. The van der Waals surface area contributed by atoms with Crippen LogP contribution in [0.4, 0.5) is 17.6 Å². The third-order valence-corrected chi connectivity index (χ3v) is 6.88. The van der Waals surface area contributed by atoms with E-state index in [-0.39, 0.29) is 36.0 Å². The number of carboxylic acids is 1. The molecule has 1 saturated carbocycles. The normalized spacial score (nSPS) is 20.5. The molecule has 4 aromatic rings. The van der Waals surface area contributed by atoms with Crippen LogP contribution in [0.5, 0.6) is 0 Å². The highest BCUT2D eigenvalue weighted by Crippen LogP contribution is 2.54. The number of hydrogen-bond acceptors (Lipinski definition) is 3. The first-order valence-corrected chi connectivity index (χ1v) is 11.1. The van der Waals surface area contributed by atoms with Gasteiger partial charge in [0.2, 0.25) is 5.67 Å². The lowest BCUT2D eigenvalue weighted by atomic mass is 9.66. The number of fused-ring (bicyclic) bond motifs is 2. The Bertz CT molecular complexity index is 1480. The summed E-state index contributed by atoms with van der Waals surface area (Å²) in [4.78, 5) is 11.5. The number of benzene rings is 2. The van der Waals surface area contributed by atoms with E-state index in [1.54, 1.807) is 10.6 Å². The molecule has 1 aliphatic rings. The Hall–Kier alpha value is -3.40. The molecule has 5 rings (SSSR count). The van der Waals surface area contributed by atoms with E-state index in [4.69, 9.17) is 4.74 Å². The number of carboxylic acid groups (broad SMARTS) is 1. The van der Waals surface area contributed by atoms with Gasteiger partial charge in [0.1, 0.15) is 5.52 Å². The number of ether oxygens (including phenoxy) is 1. The van der Waals surface area contributed by atoms with Crippen molar-refractivity contribution in [3.8, 4) is 5.69 Å². The fourth-order valence-electron chi connectivity index (χ4n) is 5.32. The van der Waals surface area contributed by atoms with Crippen molar-refractivity contribution in [2.24, 2.45) is 0 Å². The zero-order valence-electron chi connectivity index (χ0n) is 19.3. The molecule has 0 radical (unpaired) electrons. The van der Waals surface area contributed by atoms with Crippen LogP contribution in [0.1, 0.15) is 43.9 Å². The fraction of sp³-hybridized carbons (Fsp3) is 0.360. The van der Waals surface area contributed by atoms with Crippen LogP contribution in [0.2, 0.25) is 0 Å².